The zero-order valence-electron chi connectivity index (χ0n) is 4.01. The number of hydrogen-bond acceptors (Lipinski definition) is 1. The van der Waals surface area contributed by atoms with Gasteiger partial charge in [0, 0.05) is 39.3 Å². The second-order valence-electron chi connectivity index (χ2n) is 0.869. The molecule has 0 aliphatic carbocycles. The SMILES string of the molecule is [C-]#[N+][CH-]C(C)=O.[Y]. The summed E-state index contributed by atoms with van der Waals surface area (Å²) in [6.07, 6.45) is 0. The molecule has 0 N–H and O–H groups in total. The van der Waals surface area contributed by atoms with E-state index in [1.54, 1.807) is 0 Å². The van der Waals surface area contributed by atoms with Crippen molar-refractivity contribution in [1.29, 1.82) is 0 Å². The van der Waals surface area contributed by atoms with Gasteiger partial charge >= 0.3 is 0 Å². The molecule has 7 heavy (non-hydrogen) atoms. The molecule has 0 rings (SSSR count). The number of hydrogen-bond donors (Lipinski definition) is 0. The quantitative estimate of drug-likeness (QED) is 0.531. The van der Waals surface area contributed by atoms with Crippen LogP contribution in [-0.2, 0) is 37.5 Å². The minimum atomic E-state index is -0.190. The third kappa shape index (κ3) is 10.7. The van der Waals surface area contributed by atoms with Gasteiger partial charge < -0.3 is 9.64 Å². The Morgan fingerprint density at radius 1 is 1.86 bits per heavy atom. The third-order valence-electron chi connectivity index (χ3n) is 0.246. The van der Waals surface area contributed by atoms with E-state index in [-0.39, 0.29) is 38.5 Å². The molecule has 3 heteroatoms. The predicted octanol–water partition coefficient (Wildman–Crippen LogP) is 0.654. The molecule has 0 heterocycles. The van der Waals surface area contributed by atoms with Crippen LogP contribution in [0.1, 0.15) is 6.92 Å². The zero-order valence-corrected chi connectivity index (χ0v) is 6.85. The molecular formula is C4H4NOY-. The summed E-state index contributed by atoms with van der Waals surface area (Å²) in [5.74, 6) is -0.190. The molecule has 2 nitrogen and oxygen atoms in total. The van der Waals surface area contributed by atoms with Gasteiger partial charge in [0.25, 0.3) is 0 Å². The second-order valence-corrected chi connectivity index (χ2v) is 0.869. The van der Waals surface area contributed by atoms with Crippen LogP contribution in [0.25, 0.3) is 4.85 Å². The van der Waals surface area contributed by atoms with Crippen LogP contribution in [0.15, 0.2) is 0 Å². The number of Topliss-reactive ketones (excluding diaryl/α,β-unsaturated/α-hetero) is 1. The molecule has 0 bridgehead atoms. The van der Waals surface area contributed by atoms with E-state index in [4.69, 9.17) is 6.57 Å². The first-order chi connectivity index (χ1) is 2.77. The molecule has 0 aromatic carbocycles. The number of nitrogens with zero attached hydrogens (tertiary/aromatic N) is 1. The van der Waals surface area contributed by atoms with Gasteiger partial charge in [-0.25, -0.2) is 0 Å². The fourth-order valence-corrected chi connectivity index (χ4v) is 0.0909. The van der Waals surface area contributed by atoms with Crippen molar-refractivity contribution < 1.29 is 37.5 Å². The van der Waals surface area contributed by atoms with Gasteiger partial charge in [-0.2, -0.15) is 0 Å². The van der Waals surface area contributed by atoms with Crippen LogP contribution < -0.4 is 0 Å². The van der Waals surface area contributed by atoms with Crippen LogP contribution in [0, 0.1) is 13.1 Å². The average Bonchev–Trinajstić information content (AvgIpc) is 1.35. The van der Waals surface area contributed by atoms with E-state index in [1.165, 1.54) is 6.92 Å². The van der Waals surface area contributed by atoms with Crippen LogP contribution in [0.2, 0.25) is 0 Å². The topological polar surface area (TPSA) is 21.4 Å². The molecule has 0 aliphatic rings. The Balaban J connectivity index is 0. The summed E-state index contributed by atoms with van der Waals surface area (Å²) in [4.78, 5) is 12.5. The van der Waals surface area contributed by atoms with E-state index in [2.05, 4.69) is 4.85 Å². The van der Waals surface area contributed by atoms with Crippen LogP contribution in [0.5, 0.6) is 0 Å². The van der Waals surface area contributed by atoms with Gasteiger partial charge in [0.15, 0.2) is 0 Å². The Labute approximate surface area is 68.0 Å². The first-order valence-corrected chi connectivity index (χ1v) is 1.47. The first-order valence-electron chi connectivity index (χ1n) is 1.47. The van der Waals surface area contributed by atoms with E-state index < -0.39 is 0 Å². The molecule has 1 radical (unpaired) electrons. The van der Waals surface area contributed by atoms with Gasteiger partial charge in [-0.1, -0.05) is 0 Å². The Kier molecular flexibility index (Phi) is 8.92. The van der Waals surface area contributed by atoms with Gasteiger partial charge in [-0.05, 0) is 6.92 Å². The molecule has 0 aliphatic heterocycles. The maximum atomic E-state index is 9.77. The van der Waals surface area contributed by atoms with Crippen LogP contribution in [-0.4, -0.2) is 5.78 Å². The second kappa shape index (κ2) is 6.13. The molecule has 0 unspecified atom stereocenters. The minimum absolute atomic E-state index is 0. The fourth-order valence-electron chi connectivity index (χ4n) is 0.0909. The summed E-state index contributed by atoms with van der Waals surface area (Å²) in [6, 6.07) is 0. The van der Waals surface area contributed by atoms with Gasteiger partial charge in [-0.3, -0.25) is 6.57 Å². The summed E-state index contributed by atoms with van der Waals surface area (Å²) < 4.78 is 0. The van der Waals surface area contributed by atoms with Crippen LogP contribution in [0.3, 0.4) is 0 Å². The molecule has 0 aromatic rings. The maximum Gasteiger partial charge on any atom is 0.0710 e. The minimum Gasteiger partial charge on any atom is -0.454 e. The Hall–Kier alpha value is 0.134. The number of carbonyl (C=O) groups is 1. The smallest absolute Gasteiger partial charge is 0.0710 e. The van der Waals surface area contributed by atoms with E-state index in [9.17, 15) is 4.79 Å². The van der Waals surface area contributed by atoms with Gasteiger partial charge in [0.05, 0.1) is 5.78 Å². The molecule has 35 valence electrons. The van der Waals surface area contributed by atoms with Crippen molar-refractivity contribution in [1.82, 2.24) is 0 Å². The largest absolute Gasteiger partial charge is 0.454 e. The van der Waals surface area contributed by atoms with Crippen molar-refractivity contribution >= 4 is 5.78 Å². The van der Waals surface area contributed by atoms with E-state index >= 15 is 0 Å². The van der Waals surface area contributed by atoms with E-state index in [1.807, 2.05) is 0 Å². The average molecular weight is 171 g/mol. The normalized spacial score (nSPS) is 5.14. The number of rotatable bonds is 1. The summed E-state index contributed by atoms with van der Waals surface area (Å²) in [5, 5.41) is 0. The summed E-state index contributed by atoms with van der Waals surface area (Å²) in [6.45, 7) is 8.37. The van der Waals surface area contributed by atoms with Gasteiger partial charge in [0.1, 0.15) is 0 Å². The van der Waals surface area contributed by atoms with Crippen molar-refractivity contribution in [2.24, 2.45) is 0 Å². The summed E-state index contributed by atoms with van der Waals surface area (Å²) in [7, 11) is 0. The van der Waals surface area contributed by atoms with Crippen molar-refractivity contribution in [3.63, 3.8) is 0 Å². The Bertz CT molecular complexity index is 94.4. The fraction of sp³-hybridized carbons (Fsp3) is 0.250. The monoisotopic (exact) mass is 171 g/mol. The van der Waals surface area contributed by atoms with Crippen LogP contribution >= 0.6 is 0 Å². The standard InChI is InChI=1S/C4H4NO.Y/c1-4(6)3-5-2;/h3H,1H3;/q-1;. The van der Waals surface area contributed by atoms with Gasteiger partial charge in [0.2, 0.25) is 0 Å². The van der Waals surface area contributed by atoms with Crippen molar-refractivity contribution in [2.75, 3.05) is 0 Å². The van der Waals surface area contributed by atoms with Crippen molar-refractivity contribution in [2.45, 2.75) is 6.92 Å². The van der Waals surface area contributed by atoms with Crippen molar-refractivity contribution in [3.8, 4) is 0 Å². The Morgan fingerprint density at radius 3 is 2.29 bits per heavy atom. The summed E-state index contributed by atoms with van der Waals surface area (Å²) in [5.41, 5.74) is 0. The molecule has 0 saturated carbocycles. The number of ketones is 1. The third-order valence-corrected chi connectivity index (χ3v) is 0.246. The first kappa shape index (κ1) is 10.2. The molecular weight excluding hydrogens is 167 g/mol. The predicted molar refractivity (Wildman–Crippen MR) is 21.6 cm³/mol. The maximum absolute atomic E-state index is 9.77. The van der Waals surface area contributed by atoms with E-state index in [0.29, 0.717) is 0 Å². The van der Waals surface area contributed by atoms with Crippen LogP contribution in [0.4, 0.5) is 0 Å². The number of carbonyl (C=O) groups excluding carboxylic acids is 1. The Morgan fingerprint density at radius 2 is 2.29 bits per heavy atom. The molecule has 0 atom stereocenters. The summed E-state index contributed by atoms with van der Waals surface area (Å²) >= 11 is 0. The van der Waals surface area contributed by atoms with Crippen molar-refractivity contribution in [3.05, 3.63) is 18.0 Å². The molecule has 0 saturated heterocycles. The molecule has 0 aromatic heterocycles. The molecule has 0 spiro atoms. The molecule has 0 amide bonds. The van der Waals surface area contributed by atoms with E-state index in [0.717, 1.165) is 6.54 Å². The zero-order chi connectivity index (χ0) is 4.99. The van der Waals surface area contributed by atoms with Gasteiger partial charge in [-0.15, -0.1) is 0 Å². The molecule has 0 fully saturated rings.